The summed E-state index contributed by atoms with van der Waals surface area (Å²) in [5, 5.41) is 20.1. The quantitative estimate of drug-likeness (QED) is 0.710. The van der Waals surface area contributed by atoms with Gasteiger partial charge in [-0.05, 0) is 23.3 Å². The minimum absolute atomic E-state index is 0.0187. The molecule has 0 bridgehead atoms. The Bertz CT molecular complexity index is 500. The summed E-state index contributed by atoms with van der Waals surface area (Å²) < 4.78 is 5.25. The van der Waals surface area contributed by atoms with E-state index in [0.717, 1.165) is 11.1 Å². The van der Waals surface area contributed by atoms with Crippen LogP contribution in [0.4, 0.5) is 0 Å². The van der Waals surface area contributed by atoms with Crippen molar-refractivity contribution in [3.05, 3.63) is 34.9 Å². The molecule has 6 nitrogen and oxygen atoms in total. The van der Waals surface area contributed by atoms with Gasteiger partial charge in [0, 0.05) is 18.6 Å². The molecule has 2 rings (SSSR count). The average molecular weight is 265 g/mol. The van der Waals surface area contributed by atoms with Crippen molar-refractivity contribution in [3.8, 4) is 0 Å². The van der Waals surface area contributed by atoms with Gasteiger partial charge in [-0.15, -0.1) is 0 Å². The first-order valence-electron chi connectivity index (χ1n) is 5.96. The number of aliphatic carboxylic acids is 1. The van der Waals surface area contributed by atoms with E-state index in [9.17, 15) is 9.59 Å². The minimum Gasteiger partial charge on any atom is -0.480 e. The van der Waals surface area contributed by atoms with Gasteiger partial charge in [-0.3, -0.25) is 4.79 Å². The maximum absolute atomic E-state index is 11.9. The summed E-state index contributed by atoms with van der Waals surface area (Å²) in [7, 11) is 0. The fourth-order valence-electron chi connectivity index (χ4n) is 1.94. The number of benzene rings is 1. The van der Waals surface area contributed by atoms with Crippen molar-refractivity contribution in [1.82, 2.24) is 5.32 Å². The first-order chi connectivity index (χ1) is 9.11. The van der Waals surface area contributed by atoms with Gasteiger partial charge in [-0.25, -0.2) is 4.79 Å². The zero-order chi connectivity index (χ0) is 13.8. The van der Waals surface area contributed by atoms with Crippen molar-refractivity contribution in [1.29, 1.82) is 0 Å². The number of nitrogens with one attached hydrogen (secondary N) is 1. The fourth-order valence-corrected chi connectivity index (χ4v) is 1.94. The third kappa shape index (κ3) is 3.10. The number of amides is 1. The second kappa shape index (κ2) is 5.81. The Hall–Kier alpha value is -1.92. The zero-order valence-corrected chi connectivity index (χ0v) is 10.3. The van der Waals surface area contributed by atoms with E-state index in [2.05, 4.69) is 5.32 Å². The van der Waals surface area contributed by atoms with E-state index in [1.54, 1.807) is 18.2 Å². The van der Waals surface area contributed by atoms with Crippen LogP contribution in [0.25, 0.3) is 0 Å². The van der Waals surface area contributed by atoms with E-state index in [0.29, 0.717) is 18.8 Å². The second-order valence-electron chi connectivity index (χ2n) is 4.35. The van der Waals surface area contributed by atoms with Crippen LogP contribution in [0.3, 0.4) is 0 Å². The summed E-state index contributed by atoms with van der Waals surface area (Å²) in [5.41, 5.74) is 2.39. The van der Waals surface area contributed by atoms with Gasteiger partial charge < -0.3 is 20.3 Å². The van der Waals surface area contributed by atoms with E-state index in [1.165, 1.54) is 0 Å². The van der Waals surface area contributed by atoms with Crippen LogP contribution >= 0.6 is 0 Å². The molecule has 0 saturated carbocycles. The van der Waals surface area contributed by atoms with Crippen molar-refractivity contribution in [2.75, 3.05) is 6.61 Å². The standard InChI is InChI=1S/C13H15NO5/c15-4-3-11(13(17)18)14-12(16)8-1-2-9-6-19-7-10(9)5-8/h1-2,5,11,15H,3-4,6-7H2,(H,14,16)(H,17,18)/t11-/m1/s1. The van der Waals surface area contributed by atoms with Gasteiger partial charge in [0.05, 0.1) is 13.2 Å². The number of rotatable bonds is 5. The zero-order valence-electron chi connectivity index (χ0n) is 10.3. The Morgan fingerprint density at radius 3 is 2.74 bits per heavy atom. The van der Waals surface area contributed by atoms with Crippen LogP contribution in [0.1, 0.15) is 27.9 Å². The van der Waals surface area contributed by atoms with Gasteiger partial charge in [-0.2, -0.15) is 0 Å². The van der Waals surface area contributed by atoms with Gasteiger partial charge >= 0.3 is 5.97 Å². The molecule has 1 heterocycles. The van der Waals surface area contributed by atoms with E-state index in [4.69, 9.17) is 14.9 Å². The number of aliphatic hydroxyl groups excluding tert-OH is 1. The van der Waals surface area contributed by atoms with Crippen molar-refractivity contribution >= 4 is 11.9 Å². The Morgan fingerprint density at radius 2 is 2.05 bits per heavy atom. The van der Waals surface area contributed by atoms with Crippen LogP contribution in [-0.4, -0.2) is 34.7 Å². The van der Waals surface area contributed by atoms with Crippen molar-refractivity contribution in [2.24, 2.45) is 0 Å². The Morgan fingerprint density at radius 1 is 1.32 bits per heavy atom. The van der Waals surface area contributed by atoms with Gasteiger partial charge in [0.2, 0.25) is 0 Å². The average Bonchev–Trinajstić information content (AvgIpc) is 2.85. The predicted octanol–water partition coefficient (Wildman–Crippen LogP) is 0.282. The van der Waals surface area contributed by atoms with E-state index in [1.807, 2.05) is 0 Å². The third-order valence-corrected chi connectivity index (χ3v) is 3.00. The largest absolute Gasteiger partial charge is 0.480 e. The lowest BCUT2D eigenvalue weighted by Gasteiger charge is -2.13. The SMILES string of the molecule is O=C(N[C@H](CCO)C(=O)O)c1ccc2c(c1)COC2. The van der Waals surface area contributed by atoms with Crippen LogP contribution in [0, 0.1) is 0 Å². The molecular weight excluding hydrogens is 250 g/mol. The van der Waals surface area contributed by atoms with E-state index < -0.39 is 17.9 Å². The van der Waals surface area contributed by atoms with Crippen LogP contribution in [0.15, 0.2) is 18.2 Å². The molecular formula is C13H15NO5. The van der Waals surface area contributed by atoms with Crippen molar-refractivity contribution < 1.29 is 24.5 Å². The molecule has 1 aliphatic rings. The number of carboxylic acids is 1. The molecule has 1 aromatic rings. The highest BCUT2D eigenvalue weighted by Crippen LogP contribution is 2.20. The highest BCUT2D eigenvalue weighted by molar-refractivity contribution is 5.96. The van der Waals surface area contributed by atoms with Crippen LogP contribution in [0.5, 0.6) is 0 Å². The lowest BCUT2D eigenvalue weighted by Crippen LogP contribution is -2.41. The molecule has 0 radical (unpaired) electrons. The fraction of sp³-hybridized carbons (Fsp3) is 0.385. The highest BCUT2D eigenvalue weighted by Gasteiger charge is 2.21. The summed E-state index contributed by atoms with van der Waals surface area (Å²) in [6.45, 7) is 0.713. The van der Waals surface area contributed by atoms with Crippen molar-refractivity contribution in [3.63, 3.8) is 0 Å². The normalized spacial score (nSPS) is 14.8. The van der Waals surface area contributed by atoms with Crippen molar-refractivity contribution in [2.45, 2.75) is 25.7 Å². The predicted molar refractivity (Wildman–Crippen MR) is 65.5 cm³/mol. The number of ether oxygens (including phenoxy) is 1. The second-order valence-corrected chi connectivity index (χ2v) is 4.35. The molecule has 0 spiro atoms. The molecule has 0 aromatic heterocycles. The number of hydrogen-bond acceptors (Lipinski definition) is 4. The number of fused-ring (bicyclic) bond motifs is 1. The molecule has 19 heavy (non-hydrogen) atoms. The number of carbonyl (C=O) groups excluding carboxylic acids is 1. The molecule has 1 aromatic carbocycles. The number of carboxylic acid groups (broad SMARTS) is 1. The molecule has 3 N–H and O–H groups in total. The molecule has 0 aliphatic carbocycles. The summed E-state index contributed by atoms with van der Waals surface area (Å²) >= 11 is 0. The van der Waals surface area contributed by atoms with E-state index in [-0.39, 0.29) is 13.0 Å². The van der Waals surface area contributed by atoms with Crippen LogP contribution < -0.4 is 5.32 Å². The highest BCUT2D eigenvalue weighted by atomic mass is 16.5. The van der Waals surface area contributed by atoms with Gasteiger partial charge in [0.25, 0.3) is 5.91 Å². The molecule has 1 aliphatic heterocycles. The lowest BCUT2D eigenvalue weighted by atomic mass is 10.1. The van der Waals surface area contributed by atoms with Gasteiger partial charge in [0.1, 0.15) is 6.04 Å². The number of hydrogen-bond donors (Lipinski definition) is 3. The first kappa shape index (κ1) is 13.5. The van der Waals surface area contributed by atoms with Crippen LogP contribution in [-0.2, 0) is 22.7 Å². The molecule has 0 unspecified atom stereocenters. The molecule has 0 fully saturated rings. The minimum atomic E-state index is -1.16. The maximum Gasteiger partial charge on any atom is 0.326 e. The summed E-state index contributed by atoms with van der Waals surface area (Å²) in [4.78, 5) is 22.8. The Kier molecular flexibility index (Phi) is 4.13. The Balaban J connectivity index is 2.09. The molecule has 0 saturated heterocycles. The molecule has 102 valence electrons. The Labute approximate surface area is 110 Å². The topological polar surface area (TPSA) is 95.9 Å². The number of aliphatic hydroxyl groups is 1. The molecule has 6 heteroatoms. The summed E-state index contributed by atoms with van der Waals surface area (Å²) in [6, 6.07) is 4.07. The monoisotopic (exact) mass is 265 g/mol. The maximum atomic E-state index is 11.9. The number of carbonyl (C=O) groups is 2. The summed E-state index contributed by atoms with van der Waals surface area (Å²) in [6.07, 6.45) is -0.0187. The third-order valence-electron chi connectivity index (χ3n) is 3.00. The molecule has 1 atom stereocenters. The molecule has 1 amide bonds. The smallest absolute Gasteiger partial charge is 0.326 e. The van der Waals surface area contributed by atoms with E-state index >= 15 is 0 Å². The summed E-state index contributed by atoms with van der Waals surface area (Å²) in [5.74, 6) is -1.62. The van der Waals surface area contributed by atoms with Gasteiger partial charge in [0.15, 0.2) is 0 Å². The van der Waals surface area contributed by atoms with Crippen LogP contribution in [0.2, 0.25) is 0 Å². The lowest BCUT2D eigenvalue weighted by molar-refractivity contribution is -0.139. The van der Waals surface area contributed by atoms with Gasteiger partial charge in [-0.1, -0.05) is 6.07 Å². The first-order valence-corrected chi connectivity index (χ1v) is 5.96.